The van der Waals surface area contributed by atoms with Gasteiger partial charge in [0.05, 0.1) is 5.56 Å². The van der Waals surface area contributed by atoms with Gasteiger partial charge in [-0.15, -0.1) is 0 Å². The molecule has 0 saturated carbocycles. The molecule has 0 saturated heterocycles. The number of hydrogen-bond acceptors (Lipinski definition) is 4. The Morgan fingerprint density at radius 3 is 2.28 bits per heavy atom. The average molecular weight is 560 g/mol. The second-order valence-corrected chi connectivity index (χ2v) is 8.48. The van der Waals surface area contributed by atoms with Crippen molar-refractivity contribution in [2.45, 2.75) is 26.7 Å². The lowest BCUT2D eigenvalue weighted by molar-refractivity contribution is -0.120. The molecule has 0 unspecified atom stereocenters. The van der Waals surface area contributed by atoms with Crippen LogP contribution in [0.3, 0.4) is 0 Å². The Labute approximate surface area is 204 Å². The fourth-order valence-electron chi connectivity index (χ4n) is 3.07. The summed E-state index contributed by atoms with van der Waals surface area (Å²) in [7, 11) is 0. The van der Waals surface area contributed by atoms with Gasteiger partial charge < -0.3 is 9.15 Å². The van der Waals surface area contributed by atoms with E-state index in [2.05, 4.69) is 51.9 Å². The third kappa shape index (κ3) is 6.40. The topological polar surface area (TPSA) is 56.5 Å². The number of rotatable bonds is 8. The molecule has 4 nitrogen and oxygen atoms in total. The Morgan fingerprint density at radius 1 is 1.09 bits per heavy atom. The summed E-state index contributed by atoms with van der Waals surface area (Å²) in [6, 6.07) is 10.4. The Hall–Kier alpha value is -2.70. The normalized spacial score (nSPS) is 10.8. The second kappa shape index (κ2) is 12.4. The first-order valence-corrected chi connectivity index (χ1v) is 11.6. The molecule has 0 bridgehead atoms. The van der Waals surface area contributed by atoms with Crippen LogP contribution in [0.1, 0.15) is 41.9 Å². The number of aryl methyl sites for hydroxylation is 1. The van der Waals surface area contributed by atoms with Crippen LogP contribution in [0.25, 0.3) is 11.0 Å². The highest BCUT2D eigenvalue weighted by Crippen LogP contribution is 2.32. The highest BCUT2D eigenvalue weighted by Gasteiger charge is 2.22. The number of carbonyl (C=O) groups is 2. The first kappa shape index (κ1) is 25.6. The lowest BCUT2D eigenvalue weighted by Crippen LogP contribution is -2.03. The highest BCUT2D eigenvalue weighted by molar-refractivity contribution is 9.11. The Kier molecular flexibility index (Phi) is 9.88. The van der Waals surface area contributed by atoms with Gasteiger partial charge in [-0.3, -0.25) is 9.59 Å². The molecule has 3 rings (SSSR count). The van der Waals surface area contributed by atoms with Crippen molar-refractivity contribution >= 4 is 55.1 Å². The molecule has 0 fully saturated rings. The summed E-state index contributed by atoms with van der Waals surface area (Å²) in [6.07, 6.45) is 7.21. The molecule has 1 aromatic heterocycles. The molecule has 0 aliphatic heterocycles. The molecule has 1 heterocycles. The smallest absolute Gasteiger partial charge is 0.298 e. The van der Waals surface area contributed by atoms with Gasteiger partial charge in [0, 0.05) is 32.4 Å². The van der Waals surface area contributed by atoms with Crippen LogP contribution in [-0.4, -0.2) is 12.3 Å². The minimum absolute atomic E-state index is 0.114. The molecule has 3 aromatic rings. The van der Waals surface area contributed by atoms with Crippen LogP contribution in [0, 0.1) is 0 Å². The molecule has 0 aliphatic rings. The SMILES string of the molecule is C=C/C=C(\C=C)CC.CCc1oc2cc(OC=O)ccc2c1C(=O)c1cc(Br)cc(Br)c1. The second-order valence-electron chi connectivity index (χ2n) is 6.65. The van der Waals surface area contributed by atoms with E-state index in [9.17, 15) is 9.59 Å². The molecule has 6 heteroatoms. The number of benzene rings is 2. The Morgan fingerprint density at radius 2 is 1.78 bits per heavy atom. The van der Waals surface area contributed by atoms with Crippen molar-refractivity contribution in [2.75, 3.05) is 0 Å². The average Bonchev–Trinajstić information content (AvgIpc) is 3.14. The molecule has 2 aromatic carbocycles. The maximum atomic E-state index is 13.0. The van der Waals surface area contributed by atoms with Gasteiger partial charge >= 0.3 is 0 Å². The van der Waals surface area contributed by atoms with Crippen molar-refractivity contribution in [3.63, 3.8) is 0 Å². The third-order valence-corrected chi connectivity index (χ3v) is 5.51. The number of carbonyl (C=O) groups excluding carboxylic acids is 2. The number of halogens is 2. The molecule has 32 heavy (non-hydrogen) atoms. The highest BCUT2D eigenvalue weighted by atomic mass is 79.9. The number of hydrogen-bond donors (Lipinski definition) is 0. The molecule has 0 atom stereocenters. The number of ketones is 1. The van der Waals surface area contributed by atoms with Crippen LogP contribution in [0.2, 0.25) is 0 Å². The maximum absolute atomic E-state index is 13.0. The van der Waals surface area contributed by atoms with Gasteiger partial charge in [0.25, 0.3) is 6.47 Å². The molecule has 166 valence electrons. The van der Waals surface area contributed by atoms with Crippen LogP contribution in [0.15, 0.2) is 86.7 Å². The summed E-state index contributed by atoms with van der Waals surface area (Å²) in [5.41, 5.74) is 2.85. The van der Waals surface area contributed by atoms with Gasteiger partial charge in [-0.05, 0) is 42.3 Å². The first-order chi connectivity index (χ1) is 15.4. The first-order valence-electron chi connectivity index (χ1n) is 9.98. The van der Waals surface area contributed by atoms with Gasteiger partial charge in [0.1, 0.15) is 17.1 Å². The lowest BCUT2D eigenvalue weighted by atomic mass is 9.99. The fourth-order valence-corrected chi connectivity index (χ4v) is 4.36. The van der Waals surface area contributed by atoms with Crippen molar-refractivity contribution in [3.8, 4) is 5.75 Å². The largest absolute Gasteiger partial charge is 0.460 e. The summed E-state index contributed by atoms with van der Waals surface area (Å²) in [5, 5.41) is 0.700. The summed E-state index contributed by atoms with van der Waals surface area (Å²) in [5.74, 6) is 0.865. The van der Waals surface area contributed by atoms with Gasteiger partial charge in [-0.2, -0.15) is 0 Å². The molecular weight excluding hydrogens is 536 g/mol. The van der Waals surface area contributed by atoms with E-state index in [0.29, 0.717) is 46.5 Å². The van der Waals surface area contributed by atoms with Crippen LogP contribution in [0.5, 0.6) is 5.75 Å². The number of allylic oxidation sites excluding steroid dienone is 4. The van der Waals surface area contributed by atoms with Crippen molar-refractivity contribution in [1.82, 2.24) is 0 Å². The quantitative estimate of drug-likeness (QED) is 0.159. The Bertz CT molecular complexity index is 1150. The predicted molar refractivity (Wildman–Crippen MR) is 136 cm³/mol. The Balaban J connectivity index is 0.000000390. The summed E-state index contributed by atoms with van der Waals surface area (Å²) >= 11 is 6.80. The van der Waals surface area contributed by atoms with Crippen molar-refractivity contribution in [2.24, 2.45) is 0 Å². The van der Waals surface area contributed by atoms with E-state index in [0.717, 1.165) is 15.4 Å². The molecule has 0 aliphatic carbocycles. The standard InChI is InChI=1S/C18H12Br2O4.C8H12/c1-2-15-17(18(22)10-5-11(19)7-12(20)6-10)14-4-3-13(23-9-21)8-16(14)24-15;1-4-7-8(5-2)6-3/h3-9H,2H2,1H3;4-5,7H,1-2,6H2,3H3/b;8-7+. The van der Waals surface area contributed by atoms with E-state index in [1.807, 2.05) is 25.1 Å². The molecule has 0 amide bonds. The van der Waals surface area contributed by atoms with Gasteiger partial charge in [-0.25, -0.2) is 0 Å². The van der Waals surface area contributed by atoms with E-state index in [4.69, 9.17) is 9.15 Å². The number of furan rings is 1. The number of fused-ring (bicyclic) bond motifs is 1. The fraction of sp³-hybridized carbons (Fsp3) is 0.154. The van der Waals surface area contributed by atoms with Gasteiger partial charge in [0.2, 0.25) is 0 Å². The van der Waals surface area contributed by atoms with Crippen LogP contribution in [0.4, 0.5) is 0 Å². The minimum atomic E-state index is -0.114. The molecular formula is C26H24Br2O4. The monoisotopic (exact) mass is 558 g/mol. The molecule has 0 spiro atoms. The van der Waals surface area contributed by atoms with Crippen LogP contribution >= 0.6 is 31.9 Å². The van der Waals surface area contributed by atoms with E-state index < -0.39 is 0 Å². The lowest BCUT2D eigenvalue weighted by Gasteiger charge is -2.04. The van der Waals surface area contributed by atoms with Crippen LogP contribution < -0.4 is 4.74 Å². The van der Waals surface area contributed by atoms with E-state index in [-0.39, 0.29) is 5.78 Å². The summed E-state index contributed by atoms with van der Waals surface area (Å²) < 4.78 is 12.3. The maximum Gasteiger partial charge on any atom is 0.298 e. The zero-order valence-corrected chi connectivity index (χ0v) is 21.2. The number of ether oxygens (including phenoxy) is 1. The zero-order chi connectivity index (χ0) is 23.7. The third-order valence-electron chi connectivity index (χ3n) is 4.59. The zero-order valence-electron chi connectivity index (χ0n) is 18.0. The molecule has 0 N–H and O–H groups in total. The van der Waals surface area contributed by atoms with Gasteiger partial charge in [0.15, 0.2) is 5.78 Å². The molecule has 0 radical (unpaired) electrons. The van der Waals surface area contributed by atoms with E-state index in [1.165, 1.54) is 5.57 Å². The van der Waals surface area contributed by atoms with Gasteiger partial charge in [-0.1, -0.05) is 77.1 Å². The van der Waals surface area contributed by atoms with Crippen molar-refractivity contribution < 1.29 is 18.7 Å². The van der Waals surface area contributed by atoms with Crippen LogP contribution in [-0.2, 0) is 11.2 Å². The van der Waals surface area contributed by atoms with Crippen molar-refractivity contribution in [3.05, 3.63) is 99.2 Å². The summed E-state index contributed by atoms with van der Waals surface area (Å²) in [4.78, 5) is 23.5. The van der Waals surface area contributed by atoms with Crippen molar-refractivity contribution in [1.29, 1.82) is 0 Å². The minimum Gasteiger partial charge on any atom is -0.460 e. The summed E-state index contributed by atoms with van der Waals surface area (Å²) in [6.45, 7) is 11.6. The van der Waals surface area contributed by atoms with E-state index >= 15 is 0 Å². The predicted octanol–water partition coefficient (Wildman–Crippen LogP) is 7.98. The van der Waals surface area contributed by atoms with E-state index in [1.54, 1.807) is 36.4 Å².